The van der Waals surface area contributed by atoms with Gasteiger partial charge in [-0.05, 0) is 32.4 Å². The lowest BCUT2D eigenvalue weighted by Gasteiger charge is -2.39. The Morgan fingerprint density at radius 3 is 2.75 bits per heavy atom. The zero-order valence-electron chi connectivity index (χ0n) is 14.1. The number of alkyl halides is 1. The minimum Gasteiger partial charge on any atom is -0.477 e. The van der Waals surface area contributed by atoms with Crippen LogP contribution in [0, 0.1) is 12.8 Å². The molecular weight excluding hydrogens is 313 g/mol. The van der Waals surface area contributed by atoms with Crippen molar-refractivity contribution >= 4 is 17.6 Å². The number of piperidine rings is 1. The fourth-order valence-electron chi connectivity index (χ4n) is 3.66. The van der Waals surface area contributed by atoms with Gasteiger partial charge in [-0.2, -0.15) is 0 Å². The van der Waals surface area contributed by atoms with Crippen molar-refractivity contribution in [1.82, 2.24) is 9.88 Å². The van der Waals surface area contributed by atoms with Gasteiger partial charge in [0.05, 0.1) is 11.9 Å². The van der Waals surface area contributed by atoms with Gasteiger partial charge in [-0.1, -0.05) is 0 Å². The first-order chi connectivity index (χ1) is 11.2. The summed E-state index contributed by atoms with van der Waals surface area (Å²) in [4.78, 5) is 31.2. The summed E-state index contributed by atoms with van der Waals surface area (Å²) in [7, 11) is 0. The molecule has 0 unspecified atom stereocenters. The van der Waals surface area contributed by atoms with E-state index in [-0.39, 0.29) is 18.0 Å². The van der Waals surface area contributed by atoms with Crippen LogP contribution in [0.15, 0.2) is 12.3 Å². The standard InChI is InChI=1S/C17H22FN3O3/c1-10(2)20-5-4-17(18)12(8-20)9-21(16(17)24)13-6-11(3)14(15(22)23)19-7-13/h6-7,10,12H,4-5,8-9H2,1-3H3,(H,22,23)/t12-,17+/m0/s1. The molecule has 1 amide bonds. The first-order valence-corrected chi connectivity index (χ1v) is 8.19. The van der Waals surface area contributed by atoms with Crippen molar-refractivity contribution in [3.63, 3.8) is 0 Å². The second-order valence-corrected chi connectivity index (χ2v) is 6.98. The number of hydrogen-bond acceptors (Lipinski definition) is 4. The average Bonchev–Trinajstić information content (AvgIpc) is 2.78. The maximum Gasteiger partial charge on any atom is 0.354 e. The summed E-state index contributed by atoms with van der Waals surface area (Å²) in [6.07, 6.45) is 1.54. The summed E-state index contributed by atoms with van der Waals surface area (Å²) in [5.41, 5.74) is -0.960. The van der Waals surface area contributed by atoms with Gasteiger partial charge in [0.1, 0.15) is 0 Å². The lowest BCUT2D eigenvalue weighted by molar-refractivity contribution is -0.132. The van der Waals surface area contributed by atoms with Crippen molar-refractivity contribution in [2.75, 3.05) is 24.5 Å². The number of carboxylic acids is 1. The van der Waals surface area contributed by atoms with E-state index in [9.17, 15) is 9.59 Å². The zero-order chi connectivity index (χ0) is 17.6. The highest BCUT2D eigenvalue weighted by molar-refractivity contribution is 6.02. The SMILES string of the molecule is Cc1cc(N2C[C@@H]3CN(C(C)C)CC[C@]3(F)C2=O)cnc1C(=O)O. The van der Waals surface area contributed by atoms with Gasteiger partial charge >= 0.3 is 5.97 Å². The molecule has 24 heavy (non-hydrogen) atoms. The van der Waals surface area contributed by atoms with Crippen LogP contribution in [0.5, 0.6) is 0 Å². The number of aryl methyl sites for hydroxylation is 1. The molecule has 0 saturated carbocycles. The Labute approximate surface area is 140 Å². The minimum atomic E-state index is -1.83. The first-order valence-electron chi connectivity index (χ1n) is 8.19. The van der Waals surface area contributed by atoms with Crippen LogP contribution in [-0.4, -0.2) is 58.2 Å². The summed E-state index contributed by atoms with van der Waals surface area (Å²) in [5.74, 6) is -2.02. The minimum absolute atomic E-state index is 0.0521. The van der Waals surface area contributed by atoms with E-state index in [0.29, 0.717) is 36.9 Å². The molecular formula is C17H22FN3O3. The van der Waals surface area contributed by atoms with Gasteiger partial charge in [-0.3, -0.25) is 4.79 Å². The van der Waals surface area contributed by atoms with Gasteiger partial charge in [0.25, 0.3) is 5.91 Å². The number of halogens is 1. The van der Waals surface area contributed by atoms with Crippen molar-refractivity contribution in [1.29, 1.82) is 0 Å². The molecule has 3 rings (SSSR count). The second-order valence-electron chi connectivity index (χ2n) is 6.98. The molecule has 6 nitrogen and oxygen atoms in total. The average molecular weight is 335 g/mol. The van der Waals surface area contributed by atoms with Gasteiger partial charge in [-0.15, -0.1) is 0 Å². The molecule has 1 aromatic heterocycles. The number of carbonyl (C=O) groups is 2. The molecule has 2 aliphatic rings. The van der Waals surface area contributed by atoms with Crippen molar-refractivity contribution in [2.24, 2.45) is 5.92 Å². The first kappa shape index (κ1) is 16.8. The molecule has 1 N–H and O–H groups in total. The van der Waals surface area contributed by atoms with Gasteiger partial charge in [0.2, 0.25) is 0 Å². The molecule has 0 spiro atoms. The molecule has 2 atom stereocenters. The normalized spacial score (nSPS) is 27.6. The van der Waals surface area contributed by atoms with Crippen LogP contribution in [0.25, 0.3) is 0 Å². The Morgan fingerprint density at radius 2 is 2.17 bits per heavy atom. The van der Waals surface area contributed by atoms with Crippen LogP contribution in [0.4, 0.5) is 10.1 Å². The molecule has 0 bridgehead atoms. The topological polar surface area (TPSA) is 73.7 Å². The Kier molecular flexibility index (Phi) is 4.07. The molecule has 0 aromatic carbocycles. The Morgan fingerprint density at radius 1 is 1.46 bits per heavy atom. The summed E-state index contributed by atoms with van der Waals surface area (Å²) >= 11 is 0. The monoisotopic (exact) mass is 335 g/mol. The lowest BCUT2D eigenvalue weighted by Crippen LogP contribution is -2.52. The third-order valence-electron chi connectivity index (χ3n) is 5.18. The van der Waals surface area contributed by atoms with E-state index in [1.165, 1.54) is 11.1 Å². The van der Waals surface area contributed by atoms with Crippen LogP contribution in [-0.2, 0) is 4.79 Å². The molecule has 2 aliphatic heterocycles. The fraction of sp³-hybridized carbons (Fsp3) is 0.588. The quantitative estimate of drug-likeness (QED) is 0.913. The molecule has 2 fully saturated rings. The molecule has 130 valence electrons. The lowest BCUT2D eigenvalue weighted by atomic mass is 9.84. The third kappa shape index (κ3) is 2.56. The number of aromatic carboxylic acids is 1. The number of rotatable bonds is 3. The van der Waals surface area contributed by atoms with Crippen molar-refractivity contribution in [3.05, 3.63) is 23.5 Å². The van der Waals surface area contributed by atoms with Crippen molar-refractivity contribution < 1.29 is 19.1 Å². The van der Waals surface area contributed by atoms with Crippen LogP contribution in [0.2, 0.25) is 0 Å². The number of pyridine rings is 1. The summed E-state index contributed by atoms with van der Waals surface area (Å²) in [6.45, 7) is 7.18. The van der Waals surface area contributed by atoms with E-state index < -0.39 is 17.5 Å². The number of hydrogen-bond donors (Lipinski definition) is 1. The largest absolute Gasteiger partial charge is 0.477 e. The van der Waals surface area contributed by atoms with Crippen LogP contribution >= 0.6 is 0 Å². The Balaban J connectivity index is 1.88. The second kappa shape index (κ2) is 5.81. The van der Waals surface area contributed by atoms with E-state index in [2.05, 4.69) is 23.7 Å². The number of fused-ring (bicyclic) bond motifs is 1. The van der Waals surface area contributed by atoms with Gasteiger partial charge in [-0.25, -0.2) is 14.2 Å². The molecule has 1 aromatic rings. The van der Waals surface area contributed by atoms with E-state index in [1.54, 1.807) is 13.0 Å². The van der Waals surface area contributed by atoms with E-state index in [1.807, 2.05) is 0 Å². The number of likely N-dealkylation sites (tertiary alicyclic amines) is 1. The van der Waals surface area contributed by atoms with Crippen molar-refractivity contribution in [3.8, 4) is 0 Å². The van der Waals surface area contributed by atoms with Crippen LogP contribution in [0.1, 0.15) is 36.3 Å². The number of amides is 1. The maximum atomic E-state index is 15.3. The number of carboxylic acid groups (broad SMARTS) is 1. The maximum absolute atomic E-state index is 15.3. The van der Waals surface area contributed by atoms with Crippen LogP contribution < -0.4 is 4.90 Å². The summed E-state index contributed by atoms with van der Waals surface area (Å²) in [5, 5.41) is 9.06. The van der Waals surface area contributed by atoms with E-state index in [4.69, 9.17) is 5.11 Å². The fourth-order valence-corrected chi connectivity index (χ4v) is 3.66. The highest BCUT2D eigenvalue weighted by Crippen LogP contribution is 2.41. The number of nitrogens with zero attached hydrogens (tertiary/aromatic N) is 3. The Hall–Kier alpha value is -2.02. The molecule has 2 saturated heterocycles. The molecule has 0 radical (unpaired) electrons. The summed E-state index contributed by atoms with van der Waals surface area (Å²) < 4.78 is 15.3. The highest BCUT2D eigenvalue weighted by atomic mass is 19.1. The zero-order valence-corrected chi connectivity index (χ0v) is 14.1. The highest BCUT2D eigenvalue weighted by Gasteiger charge is 2.57. The predicted molar refractivity (Wildman–Crippen MR) is 86.9 cm³/mol. The van der Waals surface area contributed by atoms with E-state index in [0.717, 1.165) is 0 Å². The number of carbonyl (C=O) groups excluding carboxylic acids is 1. The van der Waals surface area contributed by atoms with Gasteiger partial charge < -0.3 is 14.9 Å². The smallest absolute Gasteiger partial charge is 0.354 e. The number of anilines is 1. The molecule has 3 heterocycles. The number of aromatic nitrogens is 1. The van der Waals surface area contributed by atoms with E-state index >= 15 is 4.39 Å². The summed E-state index contributed by atoms with van der Waals surface area (Å²) in [6, 6.07) is 1.91. The third-order valence-corrected chi connectivity index (χ3v) is 5.18. The van der Waals surface area contributed by atoms with Gasteiger partial charge in [0, 0.05) is 38.0 Å². The van der Waals surface area contributed by atoms with Crippen molar-refractivity contribution in [2.45, 2.75) is 38.9 Å². The van der Waals surface area contributed by atoms with Crippen LogP contribution in [0.3, 0.4) is 0 Å². The molecule has 0 aliphatic carbocycles. The Bertz CT molecular complexity index is 694. The van der Waals surface area contributed by atoms with Gasteiger partial charge in [0.15, 0.2) is 11.4 Å². The molecule has 7 heteroatoms. The predicted octanol–water partition coefficient (Wildman–Crippen LogP) is 1.87.